The number of rotatable bonds is 6. The molecule has 0 spiro atoms. The lowest BCUT2D eigenvalue weighted by atomic mass is 10.1. The second-order valence-corrected chi connectivity index (χ2v) is 6.09. The van der Waals surface area contributed by atoms with Gasteiger partial charge in [0.1, 0.15) is 6.04 Å². The summed E-state index contributed by atoms with van der Waals surface area (Å²) in [5.41, 5.74) is 3.32. The zero-order valence-electron chi connectivity index (χ0n) is 12.0. The molecule has 0 aromatic heterocycles. The van der Waals surface area contributed by atoms with Crippen LogP contribution in [0.5, 0.6) is 0 Å². The maximum Gasteiger partial charge on any atom is 0.326 e. The number of nitrogens with one attached hydrogen (secondary N) is 2. The molecule has 0 aliphatic heterocycles. The summed E-state index contributed by atoms with van der Waals surface area (Å²) in [7, 11) is 0. The fraction of sp³-hybridized carbons (Fsp3) is 0.467. The van der Waals surface area contributed by atoms with Gasteiger partial charge in [0, 0.05) is 5.69 Å². The number of aryl methyl sites for hydroxylation is 2. The summed E-state index contributed by atoms with van der Waals surface area (Å²) in [6.07, 6.45) is 5.61. The lowest BCUT2D eigenvalue weighted by Crippen LogP contribution is -2.43. The third-order valence-electron chi connectivity index (χ3n) is 3.57. The van der Waals surface area contributed by atoms with Crippen molar-refractivity contribution >= 4 is 29.4 Å². The van der Waals surface area contributed by atoms with Gasteiger partial charge in [0.15, 0.2) is 0 Å². The van der Waals surface area contributed by atoms with E-state index in [-0.39, 0.29) is 0 Å². The van der Waals surface area contributed by atoms with Crippen LogP contribution in [0.2, 0.25) is 0 Å². The van der Waals surface area contributed by atoms with Gasteiger partial charge in [-0.05, 0) is 61.0 Å². The molecule has 0 fully saturated rings. The third-order valence-corrected chi connectivity index (χ3v) is 4.21. The van der Waals surface area contributed by atoms with E-state index in [2.05, 4.69) is 10.6 Å². The van der Waals surface area contributed by atoms with Gasteiger partial charge in [0.05, 0.1) is 0 Å². The molecule has 1 aromatic rings. The van der Waals surface area contributed by atoms with Crippen molar-refractivity contribution in [3.8, 4) is 0 Å². The van der Waals surface area contributed by atoms with Crippen LogP contribution in [-0.2, 0) is 17.6 Å². The Morgan fingerprint density at radius 3 is 2.81 bits per heavy atom. The van der Waals surface area contributed by atoms with Gasteiger partial charge in [0.25, 0.3) is 0 Å². The van der Waals surface area contributed by atoms with Gasteiger partial charge in [-0.1, -0.05) is 6.07 Å². The van der Waals surface area contributed by atoms with Crippen LogP contribution in [0, 0.1) is 0 Å². The molecular formula is C15H20N2O3S. The Morgan fingerprint density at radius 1 is 1.33 bits per heavy atom. The number of hydrogen-bond donors (Lipinski definition) is 3. The van der Waals surface area contributed by atoms with Gasteiger partial charge >= 0.3 is 12.0 Å². The van der Waals surface area contributed by atoms with E-state index in [4.69, 9.17) is 5.11 Å². The molecule has 2 amide bonds. The van der Waals surface area contributed by atoms with Gasteiger partial charge in [-0.25, -0.2) is 9.59 Å². The molecule has 1 aliphatic carbocycles. The summed E-state index contributed by atoms with van der Waals surface area (Å²) in [6.45, 7) is 0. The predicted molar refractivity (Wildman–Crippen MR) is 85.0 cm³/mol. The highest BCUT2D eigenvalue weighted by atomic mass is 32.2. The second kappa shape index (κ2) is 7.36. The van der Waals surface area contributed by atoms with Crippen molar-refractivity contribution in [3.05, 3.63) is 29.3 Å². The van der Waals surface area contributed by atoms with E-state index in [9.17, 15) is 9.59 Å². The molecule has 1 atom stereocenters. The Bertz CT molecular complexity index is 534. The first-order chi connectivity index (χ1) is 10.1. The number of anilines is 1. The van der Waals surface area contributed by atoms with Crippen LogP contribution in [0.15, 0.2) is 18.2 Å². The van der Waals surface area contributed by atoms with Crippen molar-refractivity contribution < 1.29 is 14.7 Å². The highest BCUT2D eigenvalue weighted by Crippen LogP contribution is 2.24. The molecule has 0 heterocycles. The zero-order chi connectivity index (χ0) is 15.2. The molecular weight excluding hydrogens is 288 g/mol. The average Bonchev–Trinajstić information content (AvgIpc) is 2.90. The molecule has 0 bridgehead atoms. The monoisotopic (exact) mass is 308 g/mol. The van der Waals surface area contributed by atoms with Crippen molar-refractivity contribution in [3.63, 3.8) is 0 Å². The number of urea groups is 1. The Morgan fingerprint density at radius 2 is 2.10 bits per heavy atom. The molecule has 0 saturated heterocycles. The number of hydrogen-bond acceptors (Lipinski definition) is 3. The zero-order valence-corrected chi connectivity index (χ0v) is 12.8. The maximum absolute atomic E-state index is 11.9. The first kappa shape index (κ1) is 15.7. The molecule has 114 valence electrons. The van der Waals surface area contributed by atoms with E-state index >= 15 is 0 Å². The fourth-order valence-electron chi connectivity index (χ4n) is 2.47. The number of carbonyl (C=O) groups excluding carboxylic acids is 1. The number of amides is 2. The SMILES string of the molecule is CSCCC(NC(=O)Nc1ccc2c(c1)CCC2)C(=O)O. The Balaban J connectivity index is 1.92. The van der Waals surface area contributed by atoms with E-state index in [1.54, 1.807) is 11.8 Å². The van der Waals surface area contributed by atoms with Crippen molar-refractivity contribution in [2.24, 2.45) is 0 Å². The van der Waals surface area contributed by atoms with Crippen LogP contribution in [0.1, 0.15) is 24.0 Å². The average molecular weight is 308 g/mol. The summed E-state index contributed by atoms with van der Waals surface area (Å²) >= 11 is 1.56. The van der Waals surface area contributed by atoms with Crippen LogP contribution < -0.4 is 10.6 Å². The van der Waals surface area contributed by atoms with Crippen LogP contribution in [0.4, 0.5) is 10.5 Å². The quantitative estimate of drug-likeness (QED) is 0.754. The summed E-state index contributed by atoms with van der Waals surface area (Å²) in [4.78, 5) is 23.0. The van der Waals surface area contributed by atoms with Gasteiger partial charge in [0.2, 0.25) is 0 Å². The van der Waals surface area contributed by atoms with E-state index < -0.39 is 18.0 Å². The van der Waals surface area contributed by atoms with Crippen LogP contribution in [-0.4, -0.2) is 35.2 Å². The van der Waals surface area contributed by atoms with Crippen molar-refractivity contribution in [1.29, 1.82) is 0 Å². The number of aliphatic carboxylic acids is 1. The normalized spacial score (nSPS) is 14.3. The Kier molecular flexibility index (Phi) is 5.50. The summed E-state index contributed by atoms with van der Waals surface area (Å²) < 4.78 is 0. The highest BCUT2D eigenvalue weighted by molar-refractivity contribution is 7.98. The van der Waals surface area contributed by atoms with Crippen LogP contribution >= 0.6 is 11.8 Å². The number of fused-ring (bicyclic) bond motifs is 1. The van der Waals surface area contributed by atoms with Crippen LogP contribution in [0.25, 0.3) is 0 Å². The number of carbonyl (C=O) groups is 2. The number of thioether (sulfide) groups is 1. The third kappa shape index (κ3) is 4.39. The summed E-state index contributed by atoms with van der Waals surface area (Å²) in [6, 6.07) is 4.54. The van der Waals surface area contributed by atoms with Gasteiger partial charge in [-0.2, -0.15) is 11.8 Å². The molecule has 1 unspecified atom stereocenters. The minimum absolute atomic E-state index is 0.411. The molecule has 6 heteroatoms. The summed E-state index contributed by atoms with van der Waals surface area (Å²) in [5, 5.41) is 14.3. The predicted octanol–water partition coefficient (Wildman–Crippen LogP) is 2.50. The molecule has 0 radical (unpaired) electrons. The number of carboxylic acids is 1. The Labute approximate surface area is 128 Å². The minimum atomic E-state index is -1.01. The lowest BCUT2D eigenvalue weighted by Gasteiger charge is -2.15. The van der Waals surface area contributed by atoms with E-state index in [1.165, 1.54) is 11.1 Å². The lowest BCUT2D eigenvalue weighted by molar-refractivity contribution is -0.139. The largest absolute Gasteiger partial charge is 0.480 e. The molecule has 3 N–H and O–H groups in total. The molecule has 2 rings (SSSR count). The molecule has 5 nitrogen and oxygen atoms in total. The Hall–Kier alpha value is -1.69. The van der Waals surface area contributed by atoms with Crippen molar-refractivity contribution in [2.75, 3.05) is 17.3 Å². The van der Waals surface area contributed by atoms with Crippen molar-refractivity contribution in [1.82, 2.24) is 5.32 Å². The second-order valence-electron chi connectivity index (χ2n) is 5.11. The van der Waals surface area contributed by atoms with Gasteiger partial charge < -0.3 is 15.7 Å². The van der Waals surface area contributed by atoms with Crippen LogP contribution in [0.3, 0.4) is 0 Å². The molecule has 1 aliphatic rings. The molecule has 1 aromatic carbocycles. The smallest absolute Gasteiger partial charge is 0.326 e. The fourth-order valence-corrected chi connectivity index (χ4v) is 2.94. The van der Waals surface area contributed by atoms with Crippen molar-refractivity contribution in [2.45, 2.75) is 31.7 Å². The van der Waals surface area contributed by atoms with Gasteiger partial charge in [-0.3, -0.25) is 0 Å². The topological polar surface area (TPSA) is 78.4 Å². The van der Waals surface area contributed by atoms with E-state index in [0.717, 1.165) is 19.3 Å². The number of carboxylic acid groups (broad SMARTS) is 1. The van der Waals surface area contributed by atoms with Gasteiger partial charge in [-0.15, -0.1) is 0 Å². The minimum Gasteiger partial charge on any atom is -0.480 e. The maximum atomic E-state index is 11.9. The number of benzene rings is 1. The first-order valence-electron chi connectivity index (χ1n) is 7.01. The summed E-state index contributed by atoms with van der Waals surface area (Å²) in [5.74, 6) is -0.316. The highest BCUT2D eigenvalue weighted by Gasteiger charge is 2.19. The molecule has 21 heavy (non-hydrogen) atoms. The van der Waals surface area contributed by atoms with E-state index in [0.29, 0.717) is 17.9 Å². The molecule has 0 saturated carbocycles. The first-order valence-corrected chi connectivity index (χ1v) is 8.40. The van der Waals surface area contributed by atoms with E-state index in [1.807, 2.05) is 24.5 Å². The standard InChI is InChI=1S/C15H20N2O3S/c1-21-8-7-13(14(18)19)17-15(20)16-12-6-5-10-3-2-4-11(10)9-12/h5-6,9,13H,2-4,7-8H2,1H3,(H,18,19)(H2,16,17,20).